The van der Waals surface area contributed by atoms with Gasteiger partial charge < -0.3 is 10.1 Å². The molecule has 1 heterocycles. The zero-order valence-corrected chi connectivity index (χ0v) is 15.0. The first-order chi connectivity index (χ1) is 12.5. The Morgan fingerprint density at radius 3 is 2.65 bits per heavy atom. The van der Waals surface area contributed by atoms with E-state index < -0.39 is 15.7 Å². The van der Waals surface area contributed by atoms with Crippen molar-refractivity contribution >= 4 is 15.7 Å². The first kappa shape index (κ1) is 18.4. The third-order valence-electron chi connectivity index (χ3n) is 4.38. The molecule has 2 aromatic carbocycles. The van der Waals surface area contributed by atoms with Gasteiger partial charge in [-0.1, -0.05) is 18.2 Å². The fourth-order valence-corrected chi connectivity index (χ4v) is 4.09. The van der Waals surface area contributed by atoms with Crippen molar-refractivity contribution in [3.05, 3.63) is 59.9 Å². The van der Waals surface area contributed by atoms with Crippen LogP contribution in [0.2, 0.25) is 0 Å². The maximum Gasteiger partial charge on any atom is 0.223 e. The van der Waals surface area contributed by atoms with E-state index in [0.717, 1.165) is 23.4 Å². The standard InChI is InChI=1S/C19H20FNO4S/c20-16-5-7-17(8-6-16)26(23,24)12-10-21-19(22)15-9-11-25-18-4-2-1-3-14(18)13-15/h1-8,15H,9-13H2,(H,21,22)/t15-/m0/s1. The molecule has 1 amide bonds. The maximum atomic E-state index is 12.9. The number of fused-ring (bicyclic) bond motifs is 1. The van der Waals surface area contributed by atoms with Gasteiger partial charge in [0.05, 0.1) is 17.3 Å². The third kappa shape index (κ3) is 4.40. The molecule has 1 atom stereocenters. The Kier molecular flexibility index (Phi) is 5.56. The molecule has 26 heavy (non-hydrogen) atoms. The molecule has 1 N–H and O–H groups in total. The number of amides is 1. The fourth-order valence-electron chi connectivity index (χ4n) is 2.93. The van der Waals surface area contributed by atoms with Crippen LogP contribution >= 0.6 is 0 Å². The van der Waals surface area contributed by atoms with Crippen LogP contribution in [0.5, 0.6) is 5.75 Å². The Hall–Kier alpha value is -2.41. The molecular formula is C19H20FNO4S. The molecular weight excluding hydrogens is 357 g/mol. The molecule has 0 saturated carbocycles. The van der Waals surface area contributed by atoms with Gasteiger partial charge in [0.25, 0.3) is 0 Å². The summed E-state index contributed by atoms with van der Waals surface area (Å²) in [4.78, 5) is 12.5. The Morgan fingerprint density at radius 2 is 1.88 bits per heavy atom. The summed E-state index contributed by atoms with van der Waals surface area (Å²) < 4.78 is 43.0. The molecule has 0 bridgehead atoms. The summed E-state index contributed by atoms with van der Waals surface area (Å²) in [6.07, 6.45) is 1.14. The summed E-state index contributed by atoms with van der Waals surface area (Å²) in [5.74, 6) is -0.369. The summed E-state index contributed by atoms with van der Waals surface area (Å²) in [7, 11) is -3.57. The molecule has 5 nitrogen and oxygen atoms in total. The monoisotopic (exact) mass is 377 g/mol. The molecule has 3 rings (SSSR count). The Labute approximate surface area is 152 Å². The molecule has 0 unspecified atom stereocenters. The number of rotatable bonds is 5. The molecule has 0 aromatic heterocycles. The second-order valence-electron chi connectivity index (χ2n) is 6.21. The number of nitrogens with one attached hydrogen (secondary N) is 1. The number of carbonyl (C=O) groups is 1. The van der Waals surface area contributed by atoms with Crippen LogP contribution in [0.15, 0.2) is 53.4 Å². The van der Waals surface area contributed by atoms with E-state index in [4.69, 9.17) is 4.74 Å². The van der Waals surface area contributed by atoms with Crippen LogP contribution in [0.4, 0.5) is 4.39 Å². The second-order valence-corrected chi connectivity index (χ2v) is 8.32. The van der Waals surface area contributed by atoms with Gasteiger partial charge in [0.1, 0.15) is 11.6 Å². The molecule has 0 spiro atoms. The van der Waals surface area contributed by atoms with Crippen LogP contribution < -0.4 is 10.1 Å². The average molecular weight is 377 g/mol. The molecule has 1 aliphatic rings. The molecule has 0 saturated heterocycles. The molecule has 0 aliphatic carbocycles. The minimum Gasteiger partial charge on any atom is -0.493 e. The van der Waals surface area contributed by atoms with Crippen LogP contribution in [-0.4, -0.2) is 33.2 Å². The number of halogens is 1. The number of hydrogen-bond donors (Lipinski definition) is 1. The van der Waals surface area contributed by atoms with E-state index in [2.05, 4.69) is 5.32 Å². The maximum absolute atomic E-state index is 12.9. The first-order valence-electron chi connectivity index (χ1n) is 8.42. The SMILES string of the molecule is O=C(NCCS(=O)(=O)c1ccc(F)cc1)[C@H]1CCOc2ccccc2C1. The molecule has 1 aliphatic heterocycles. The summed E-state index contributed by atoms with van der Waals surface area (Å²) in [5.41, 5.74) is 0.976. The Bertz CT molecular complexity index is 881. The van der Waals surface area contributed by atoms with Gasteiger partial charge in [-0.3, -0.25) is 4.79 Å². The van der Waals surface area contributed by atoms with Crippen molar-refractivity contribution in [2.45, 2.75) is 17.7 Å². The van der Waals surface area contributed by atoms with E-state index in [0.29, 0.717) is 19.4 Å². The highest BCUT2D eigenvalue weighted by molar-refractivity contribution is 7.91. The van der Waals surface area contributed by atoms with E-state index in [-0.39, 0.29) is 29.0 Å². The van der Waals surface area contributed by atoms with Gasteiger partial charge in [0, 0.05) is 12.5 Å². The van der Waals surface area contributed by atoms with Crippen LogP contribution in [0.1, 0.15) is 12.0 Å². The summed E-state index contributed by atoms with van der Waals surface area (Å²) in [6, 6.07) is 12.3. The van der Waals surface area contributed by atoms with Crippen molar-refractivity contribution < 1.29 is 22.3 Å². The lowest BCUT2D eigenvalue weighted by molar-refractivity contribution is -0.125. The van der Waals surface area contributed by atoms with Crippen molar-refractivity contribution in [2.75, 3.05) is 18.9 Å². The first-order valence-corrected chi connectivity index (χ1v) is 10.1. The smallest absolute Gasteiger partial charge is 0.223 e. The summed E-state index contributed by atoms with van der Waals surface area (Å²) in [6.45, 7) is 0.459. The van der Waals surface area contributed by atoms with Gasteiger partial charge in [-0.15, -0.1) is 0 Å². The number of hydrogen-bond acceptors (Lipinski definition) is 4. The number of ether oxygens (including phenoxy) is 1. The highest BCUT2D eigenvalue weighted by Gasteiger charge is 2.24. The minimum atomic E-state index is -3.57. The number of benzene rings is 2. The third-order valence-corrected chi connectivity index (χ3v) is 6.11. The number of para-hydroxylation sites is 1. The van der Waals surface area contributed by atoms with Crippen molar-refractivity contribution in [3.8, 4) is 5.75 Å². The van der Waals surface area contributed by atoms with E-state index in [1.807, 2.05) is 24.3 Å². The quantitative estimate of drug-likeness (QED) is 0.812. The minimum absolute atomic E-state index is 0.0115. The Balaban J connectivity index is 1.56. The molecule has 0 fully saturated rings. The average Bonchev–Trinajstić information content (AvgIpc) is 2.84. The summed E-state index contributed by atoms with van der Waals surface area (Å²) in [5, 5.41) is 2.70. The van der Waals surface area contributed by atoms with Crippen LogP contribution in [0, 0.1) is 11.7 Å². The molecule has 2 aromatic rings. The fraction of sp³-hybridized carbons (Fsp3) is 0.316. The lowest BCUT2D eigenvalue weighted by atomic mass is 9.96. The van der Waals surface area contributed by atoms with Crippen LogP contribution in [-0.2, 0) is 21.1 Å². The lowest BCUT2D eigenvalue weighted by Gasteiger charge is -2.14. The molecule has 138 valence electrons. The second kappa shape index (κ2) is 7.86. The Morgan fingerprint density at radius 1 is 1.15 bits per heavy atom. The highest BCUT2D eigenvalue weighted by atomic mass is 32.2. The van der Waals surface area contributed by atoms with Crippen molar-refractivity contribution in [1.29, 1.82) is 0 Å². The van der Waals surface area contributed by atoms with Gasteiger partial charge in [-0.25, -0.2) is 12.8 Å². The zero-order valence-electron chi connectivity index (χ0n) is 14.2. The van der Waals surface area contributed by atoms with Gasteiger partial charge in [0.15, 0.2) is 9.84 Å². The van der Waals surface area contributed by atoms with E-state index >= 15 is 0 Å². The van der Waals surface area contributed by atoms with Gasteiger partial charge >= 0.3 is 0 Å². The van der Waals surface area contributed by atoms with Crippen LogP contribution in [0.25, 0.3) is 0 Å². The van der Waals surface area contributed by atoms with Gasteiger partial charge in [0.2, 0.25) is 5.91 Å². The van der Waals surface area contributed by atoms with Crippen molar-refractivity contribution in [1.82, 2.24) is 5.32 Å². The van der Waals surface area contributed by atoms with Crippen molar-refractivity contribution in [2.24, 2.45) is 5.92 Å². The van der Waals surface area contributed by atoms with E-state index in [1.54, 1.807) is 0 Å². The summed E-state index contributed by atoms with van der Waals surface area (Å²) >= 11 is 0. The van der Waals surface area contributed by atoms with Gasteiger partial charge in [-0.05, 0) is 48.7 Å². The van der Waals surface area contributed by atoms with E-state index in [9.17, 15) is 17.6 Å². The largest absolute Gasteiger partial charge is 0.493 e. The van der Waals surface area contributed by atoms with E-state index in [1.165, 1.54) is 12.1 Å². The van der Waals surface area contributed by atoms with Crippen molar-refractivity contribution in [3.63, 3.8) is 0 Å². The number of sulfone groups is 1. The predicted octanol–water partition coefficient (Wildman–Crippen LogP) is 2.36. The van der Waals surface area contributed by atoms with Crippen LogP contribution in [0.3, 0.4) is 0 Å². The topological polar surface area (TPSA) is 72.5 Å². The molecule has 7 heteroatoms. The zero-order chi connectivity index (χ0) is 18.6. The highest BCUT2D eigenvalue weighted by Crippen LogP contribution is 2.26. The normalized spacial score (nSPS) is 16.9. The van der Waals surface area contributed by atoms with Gasteiger partial charge in [-0.2, -0.15) is 0 Å². The predicted molar refractivity (Wildman–Crippen MR) is 95.2 cm³/mol. The lowest BCUT2D eigenvalue weighted by Crippen LogP contribution is -2.35. The molecule has 0 radical (unpaired) electrons. The number of carbonyl (C=O) groups excluding carboxylic acids is 1.